The Kier molecular flexibility index (Phi) is 2.56. The number of benzene rings is 2. The molecule has 0 radical (unpaired) electrons. The average molecular weight is 236 g/mol. The first kappa shape index (κ1) is 10.9. The summed E-state index contributed by atoms with van der Waals surface area (Å²) in [4.78, 5) is 0. The fourth-order valence-electron chi connectivity index (χ4n) is 2.36. The number of fused-ring (bicyclic) bond motifs is 1. The number of hydrogen-bond donors (Lipinski definition) is 1. The van der Waals surface area contributed by atoms with E-state index in [4.69, 9.17) is 5.73 Å². The summed E-state index contributed by atoms with van der Waals surface area (Å²) in [7, 11) is 0. The van der Waals surface area contributed by atoms with Crippen molar-refractivity contribution in [2.75, 3.05) is 5.73 Å². The SMILES string of the molecule is Cc1cc2ccccc2n1Cc1ccc(N)cc1. The van der Waals surface area contributed by atoms with Gasteiger partial charge in [-0.1, -0.05) is 30.3 Å². The summed E-state index contributed by atoms with van der Waals surface area (Å²) in [5, 5.41) is 1.30. The number of aromatic nitrogens is 1. The summed E-state index contributed by atoms with van der Waals surface area (Å²) < 4.78 is 2.33. The van der Waals surface area contributed by atoms with Gasteiger partial charge in [0.1, 0.15) is 0 Å². The molecule has 0 bridgehead atoms. The lowest BCUT2D eigenvalue weighted by molar-refractivity contribution is 0.805. The lowest BCUT2D eigenvalue weighted by atomic mass is 10.2. The molecule has 0 unspecified atom stereocenters. The predicted molar refractivity (Wildman–Crippen MR) is 76.6 cm³/mol. The Morgan fingerprint density at radius 1 is 1.00 bits per heavy atom. The van der Waals surface area contributed by atoms with Gasteiger partial charge in [-0.05, 0) is 42.1 Å². The summed E-state index contributed by atoms with van der Waals surface area (Å²) in [5.74, 6) is 0. The van der Waals surface area contributed by atoms with Gasteiger partial charge in [-0.15, -0.1) is 0 Å². The second-order valence-corrected chi connectivity index (χ2v) is 4.67. The first-order chi connectivity index (χ1) is 8.74. The van der Waals surface area contributed by atoms with E-state index in [2.05, 4.69) is 54.0 Å². The van der Waals surface area contributed by atoms with Crippen molar-refractivity contribution < 1.29 is 0 Å². The average Bonchev–Trinajstić information content (AvgIpc) is 2.69. The number of rotatable bonds is 2. The van der Waals surface area contributed by atoms with Crippen LogP contribution in [0.3, 0.4) is 0 Å². The third-order valence-corrected chi connectivity index (χ3v) is 3.34. The summed E-state index contributed by atoms with van der Waals surface area (Å²) in [6.07, 6.45) is 0. The molecule has 0 fully saturated rings. The van der Waals surface area contributed by atoms with Gasteiger partial charge in [0, 0.05) is 23.4 Å². The molecule has 0 spiro atoms. The van der Waals surface area contributed by atoms with Gasteiger partial charge in [0.05, 0.1) is 0 Å². The predicted octanol–water partition coefficient (Wildman–Crippen LogP) is 3.58. The second-order valence-electron chi connectivity index (χ2n) is 4.67. The molecule has 2 aromatic carbocycles. The number of nitrogens with zero attached hydrogens (tertiary/aromatic N) is 1. The van der Waals surface area contributed by atoms with Crippen LogP contribution in [0, 0.1) is 6.92 Å². The molecular weight excluding hydrogens is 220 g/mol. The number of aryl methyl sites for hydroxylation is 1. The Balaban J connectivity index is 2.04. The fraction of sp³-hybridized carbons (Fsp3) is 0.125. The smallest absolute Gasteiger partial charge is 0.0485 e. The van der Waals surface area contributed by atoms with Gasteiger partial charge in [0.15, 0.2) is 0 Å². The van der Waals surface area contributed by atoms with Gasteiger partial charge in [-0.2, -0.15) is 0 Å². The highest BCUT2D eigenvalue weighted by molar-refractivity contribution is 5.81. The lowest BCUT2D eigenvalue weighted by Gasteiger charge is -2.08. The standard InChI is InChI=1S/C16H16N2/c1-12-10-14-4-2-3-5-16(14)18(12)11-13-6-8-15(17)9-7-13/h2-10H,11,17H2,1H3. The first-order valence-electron chi connectivity index (χ1n) is 6.13. The quantitative estimate of drug-likeness (QED) is 0.677. The van der Waals surface area contributed by atoms with Crippen molar-refractivity contribution in [1.29, 1.82) is 0 Å². The minimum atomic E-state index is 0.813. The maximum Gasteiger partial charge on any atom is 0.0485 e. The topological polar surface area (TPSA) is 30.9 Å². The van der Waals surface area contributed by atoms with Crippen molar-refractivity contribution in [2.24, 2.45) is 0 Å². The van der Waals surface area contributed by atoms with Crippen LogP contribution in [0.15, 0.2) is 54.6 Å². The zero-order valence-corrected chi connectivity index (χ0v) is 10.4. The zero-order valence-electron chi connectivity index (χ0n) is 10.4. The molecule has 0 atom stereocenters. The molecule has 0 aliphatic rings. The zero-order chi connectivity index (χ0) is 12.5. The van der Waals surface area contributed by atoms with Crippen LogP contribution in [-0.4, -0.2) is 4.57 Å². The Hall–Kier alpha value is -2.22. The van der Waals surface area contributed by atoms with Crippen molar-refractivity contribution in [3.05, 3.63) is 65.9 Å². The molecule has 2 nitrogen and oxygen atoms in total. The Bertz CT molecular complexity index is 678. The largest absolute Gasteiger partial charge is 0.399 e. The maximum atomic E-state index is 5.71. The molecule has 0 amide bonds. The third-order valence-electron chi connectivity index (χ3n) is 3.34. The van der Waals surface area contributed by atoms with E-state index in [-0.39, 0.29) is 0 Å². The number of nitrogens with two attached hydrogens (primary N) is 1. The van der Waals surface area contributed by atoms with Crippen LogP contribution < -0.4 is 5.73 Å². The van der Waals surface area contributed by atoms with Crippen molar-refractivity contribution in [1.82, 2.24) is 4.57 Å². The maximum absolute atomic E-state index is 5.71. The molecule has 2 heteroatoms. The van der Waals surface area contributed by atoms with Crippen LogP contribution in [0.4, 0.5) is 5.69 Å². The van der Waals surface area contributed by atoms with E-state index in [0.29, 0.717) is 0 Å². The van der Waals surface area contributed by atoms with E-state index in [1.165, 1.54) is 22.2 Å². The van der Waals surface area contributed by atoms with E-state index < -0.39 is 0 Å². The van der Waals surface area contributed by atoms with Crippen LogP contribution >= 0.6 is 0 Å². The van der Waals surface area contributed by atoms with Crippen molar-refractivity contribution >= 4 is 16.6 Å². The van der Waals surface area contributed by atoms with Gasteiger partial charge in [0.2, 0.25) is 0 Å². The number of para-hydroxylation sites is 1. The van der Waals surface area contributed by atoms with E-state index in [0.717, 1.165) is 12.2 Å². The highest BCUT2D eigenvalue weighted by atomic mass is 15.0. The van der Waals surface area contributed by atoms with Crippen LogP contribution in [-0.2, 0) is 6.54 Å². The molecular formula is C16H16N2. The van der Waals surface area contributed by atoms with Gasteiger partial charge in [-0.3, -0.25) is 0 Å². The van der Waals surface area contributed by atoms with Crippen LogP contribution in [0.25, 0.3) is 10.9 Å². The van der Waals surface area contributed by atoms with Crippen LogP contribution in [0.5, 0.6) is 0 Å². The highest BCUT2D eigenvalue weighted by Crippen LogP contribution is 2.20. The molecule has 1 heterocycles. The van der Waals surface area contributed by atoms with E-state index >= 15 is 0 Å². The molecule has 0 saturated heterocycles. The number of hydrogen-bond acceptors (Lipinski definition) is 1. The minimum absolute atomic E-state index is 0.813. The molecule has 0 saturated carbocycles. The summed E-state index contributed by atoms with van der Waals surface area (Å²) in [6, 6.07) is 18.8. The monoisotopic (exact) mass is 236 g/mol. The second kappa shape index (κ2) is 4.22. The first-order valence-corrected chi connectivity index (χ1v) is 6.13. The van der Waals surface area contributed by atoms with Crippen LogP contribution in [0.2, 0.25) is 0 Å². The highest BCUT2D eigenvalue weighted by Gasteiger charge is 2.05. The Morgan fingerprint density at radius 2 is 1.72 bits per heavy atom. The normalized spacial score (nSPS) is 10.9. The lowest BCUT2D eigenvalue weighted by Crippen LogP contribution is -2.01. The minimum Gasteiger partial charge on any atom is -0.399 e. The Morgan fingerprint density at radius 3 is 2.50 bits per heavy atom. The summed E-state index contributed by atoms with van der Waals surface area (Å²) in [5.41, 5.74) is 10.4. The molecule has 0 aliphatic carbocycles. The van der Waals surface area contributed by atoms with Gasteiger partial charge >= 0.3 is 0 Å². The summed E-state index contributed by atoms with van der Waals surface area (Å²) >= 11 is 0. The molecule has 3 rings (SSSR count). The number of nitrogen functional groups attached to an aromatic ring is 1. The van der Waals surface area contributed by atoms with E-state index in [1.807, 2.05) is 12.1 Å². The Labute approximate surface area is 107 Å². The van der Waals surface area contributed by atoms with Crippen LogP contribution in [0.1, 0.15) is 11.3 Å². The molecule has 18 heavy (non-hydrogen) atoms. The fourth-order valence-corrected chi connectivity index (χ4v) is 2.36. The number of anilines is 1. The van der Waals surface area contributed by atoms with Crippen molar-refractivity contribution in [2.45, 2.75) is 13.5 Å². The summed E-state index contributed by atoms with van der Waals surface area (Å²) in [6.45, 7) is 3.04. The molecule has 0 aliphatic heterocycles. The van der Waals surface area contributed by atoms with E-state index in [9.17, 15) is 0 Å². The van der Waals surface area contributed by atoms with Gasteiger partial charge < -0.3 is 10.3 Å². The van der Waals surface area contributed by atoms with Gasteiger partial charge in [0.25, 0.3) is 0 Å². The molecule has 3 aromatic rings. The van der Waals surface area contributed by atoms with Crippen molar-refractivity contribution in [3.8, 4) is 0 Å². The third kappa shape index (κ3) is 1.86. The van der Waals surface area contributed by atoms with Gasteiger partial charge in [-0.25, -0.2) is 0 Å². The van der Waals surface area contributed by atoms with Crippen molar-refractivity contribution in [3.63, 3.8) is 0 Å². The van der Waals surface area contributed by atoms with E-state index in [1.54, 1.807) is 0 Å². The molecule has 1 aromatic heterocycles. The molecule has 90 valence electrons. The molecule has 2 N–H and O–H groups in total.